The Labute approximate surface area is 197 Å². The number of hydrogen-bond acceptors (Lipinski definition) is 3. The fourth-order valence-electron chi connectivity index (χ4n) is 3.47. The van der Waals surface area contributed by atoms with E-state index in [4.69, 9.17) is 14.5 Å². The molecule has 2 N–H and O–H groups in total. The largest absolute Gasteiger partial charge is 0.379 e. The van der Waals surface area contributed by atoms with E-state index < -0.39 is 0 Å². The van der Waals surface area contributed by atoms with E-state index in [-0.39, 0.29) is 36.0 Å². The number of aliphatic imine (C=N–C) groups is 1. The molecule has 1 unspecified atom stereocenters. The molecule has 1 fully saturated rings. The van der Waals surface area contributed by atoms with Crippen LogP contribution in [0.4, 0.5) is 0 Å². The van der Waals surface area contributed by atoms with Crippen LogP contribution in [0.5, 0.6) is 0 Å². The lowest BCUT2D eigenvalue weighted by molar-refractivity contribution is 0.0420. The number of guanidine groups is 1. The fraction of sp³-hybridized carbons (Fsp3) is 0.458. The molecule has 0 aliphatic carbocycles. The molecule has 6 heteroatoms. The van der Waals surface area contributed by atoms with Gasteiger partial charge in [-0.25, -0.2) is 0 Å². The summed E-state index contributed by atoms with van der Waals surface area (Å²) >= 11 is 0. The van der Waals surface area contributed by atoms with Crippen LogP contribution in [-0.2, 0) is 9.47 Å². The zero-order valence-electron chi connectivity index (χ0n) is 17.8. The Balaban J connectivity index is 0.00000320. The summed E-state index contributed by atoms with van der Waals surface area (Å²) in [4.78, 5) is 4.88. The molecule has 0 spiro atoms. The molecule has 1 atom stereocenters. The van der Waals surface area contributed by atoms with Crippen LogP contribution in [0, 0.1) is 0 Å². The van der Waals surface area contributed by atoms with Gasteiger partial charge in [-0.2, -0.15) is 0 Å². The van der Waals surface area contributed by atoms with E-state index in [1.807, 2.05) is 0 Å². The van der Waals surface area contributed by atoms with Crippen LogP contribution >= 0.6 is 24.0 Å². The molecule has 30 heavy (non-hydrogen) atoms. The van der Waals surface area contributed by atoms with Crippen LogP contribution in [0.2, 0.25) is 0 Å². The second kappa shape index (κ2) is 14.4. The molecule has 1 saturated heterocycles. The third kappa shape index (κ3) is 8.24. The van der Waals surface area contributed by atoms with Crippen molar-refractivity contribution >= 4 is 29.9 Å². The van der Waals surface area contributed by atoms with Crippen LogP contribution in [0.15, 0.2) is 65.7 Å². The average molecular weight is 523 g/mol. The quantitative estimate of drug-likeness (QED) is 0.212. The van der Waals surface area contributed by atoms with E-state index in [0.717, 1.165) is 51.7 Å². The third-order valence-corrected chi connectivity index (χ3v) is 5.04. The Morgan fingerprint density at radius 3 is 2.30 bits per heavy atom. The first-order chi connectivity index (χ1) is 14.4. The molecular formula is C24H34IN3O2. The van der Waals surface area contributed by atoms with Gasteiger partial charge in [-0.3, -0.25) is 4.99 Å². The van der Waals surface area contributed by atoms with Gasteiger partial charge in [0.1, 0.15) is 0 Å². The normalized spacial score (nSPS) is 16.3. The van der Waals surface area contributed by atoms with Gasteiger partial charge < -0.3 is 20.1 Å². The van der Waals surface area contributed by atoms with Crippen molar-refractivity contribution in [3.63, 3.8) is 0 Å². The highest BCUT2D eigenvalue weighted by atomic mass is 127. The molecule has 5 nitrogen and oxygen atoms in total. The Bertz CT molecular complexity index is 682. The Hall–Kier alpha value is -1.64. The van der Waals surface area contributed by atoms with Gasteiger partial charge >= 0.3 is 0 Å². The van der Waals surface area contributed by atoms with Crippen LogP contribution in [0.25, 0.3) is 0 Å². The lowest BCUT2D eigenvalue weighted by Crippen LogP contribution is -2.38. The lowest BCUT2D eigenvalue weighted by Gasteiger charge is -2.18. The molecule has 0 radical (unpaired) electrons. The maximum atomic E-state index is 5.83. The predicted octanol–water partition coefficient (Wildman–Crippen LogP) is 4.19. The first-order valence-electron chi connectivity index (χ1n) is 10.7. The molecule has 1 heterocycles. The maximum absolute atomic E-state index is 5.83. The second-order valence-corrected chi connectivity index (χ2v) is 7.23. The van der Waals surface area contributed by atoms with Crippen LogP contribution in [0.1, 0.15) is 36.8 Å². The van der Waals surface area contributed by atoms with Crippen molar-refractivity contribution in [1.29, 1.82) is 0 Å². The lowest BCUT2D eigenvalue weighted by atomic mass is 9.91. The molecule has 1 aliphatic rings. The van der Waals surface area contributed by atoms with E-state index in [0.29, 0.717) is 6.54 Å². The topological polar surface area (TPSA) is 54.9 Å². The fourth-order valence-corrected chi connectivity index (χ4v) is 3.47. The number of rotatable bonds is 10. The molecule has 3 rings (SSSR count). The highest BCUT2D eigenvalue weighted by Crippen LogP contribution is 2.24. The highest BCUT2D eigenvalue weighted by Gasteiger charge is 2.15. The molecule has 2 aromatic rings. The summed E-state index contributed by atoms with van der Waals surface area (Å²) < 4.78 is 11.2. The number of ether oxygens (including phenoxy) is 2. The van der Waals surface area contributed by atoms with Gasteiger partial charge in [-0.15, -0.1) is 24.0 Å². The van der Waals surface area contributed by atoms with Gasteiger partial charge in [-0.1, -0.05) is 60.7 Å². The predicted molar refractivity (Wildman–Crippen MR) is 134 cm³/mol. The molecule has 0 saturated carbocycles. The molecule has 2 aromatic carbocycles. The van der Waals surface area contributed by atoms with Crippen molar-refractivity contribution in [3.8, 4) is 0 Å². The molecule has 1 aliphatic heterocycles. The number of benzene rings is 2. The summed E-state index contributed by atoms with van der Waals surface area (Å²) in [5, 5.41) is 6.78. The van der Waals surface area contributed by atoms with Gasteiger partial charge in [0.05, 0.1) is 19.3 Å². The second-order valence-electron chi connectivity index (χ2n) is 7.23. The van der Waals surface area contributed by atoms with Crippen LogP contribution in [-0.4, -0.2) is 51.5 Å². The number of nitrogens with one attached hydrogen (secondary N) is 2. The highest BCUT2D eigenvalue weighted by molar-refractivity contribution is 14.0. The van der Waals surface area contributed by atoms with Crippen molar-refractivity contribution in [1.82, 2.24) is 10.6 Å². The number of halogens is 1. The zero-order chi connectivity index (χ0) is 20.2. The van der Waals surface area contributed by atoms with Crippen LogP contribution < -0.4 is 10.6 Å². The number of hydrogen-bond donors (Lipinski definition) is 2. The maximum Gasteiger partial charge on any atom is 0.191 e. The van der Waals surface area contributed by atoms with Gasteiger partial charge in [-0.05, 0) is 30.9 Å². The molecular weight excluding hydrogens is 489 g/mol. The Kier molecular flexibility index (Phi) is 11.8. The minimum atomic E-state index is 0. The van der Waals surface area contributed by atoms with E-state index in [1.165, 1.54) is 11.1 Å². The molecule has 0 aromatic heterocycles. The number of nitrogens with zero attached hydrogens (tertiary/aromatic N) is 1. The van der Waals surface area contributed by atoms with E-state index >= 15 is 0 Å². The molecule has 0 amide bonds. The Morgan fingerprint density at radius 2 is 1.73 bits per heavy atom. The van der Waals surface area contributed by atoms with Crippen molar-refractivity contribution < 1.29 is 9.47 Å². The summed E-state index contributed by atoms with van der Waals surface area (Å²) in [6.07, 6.45) is 2.23. The third-order valence-electron chi connectivity index (χ3n) is 5.04. The van der Waals surface area contributed by atoms with E-state index in [2.05, 4.69) is 78.2 Å². The Morgan fingerprint density at radius 1 is 1.07 bits per heavy atom. The average Bonchev–Trinajstić information content (AvgIpc) is 3.29. The van der Waals surface area contributed by atoms with Gasteiger partial charge in [0.15, 0.2) is 5.96 Å². The molecule has 164 valence electrons. The smallest absolute Gasteiger partial charge is 0.191 e. The minimum absolute atomic E-state index is 0. The van der Waals surface area contributed by atoms with Crippen molar-refractivity contribution in [2.45, 2.75) is 31.8 Å². The van der Waals surface area contributed by atoms with Gasteiger partial charge in [0.2, 0.25) is 0 Å². The zero-order valence-corrected chi connectivity index (χ0v) is 20.1. The summed E-state index contributed by atoms with van der Waals surface area (Å²) in [6, 6.07) is 21.2. The SMILES string of the molecule is CCNC(=NCC(c1ccccc1)c1ccccc1)NCCCOC1CCOC1.I. The van der Waals surface area contributed by atoms with Crippen LogP contribution in [0.3, 0.4) is 0 Å². The van der Waals surface area contributed by atoms with Crippen molar-refractivity contribution in [3.05, 3.63) is 71.8 Å². The first-order valence-corrected chi connectivity index (χ1v) is 10.7. The van der Waals surface area contributed by atoms with Crippen molar-refractivity contribution in [2.75, 3.05) is 39.5 Å². The van der Waals surface area contributed by atoms with Gasteiger partial charge in [0.25, 0.3) is 0 Å². The minimum Gasteiger partial charge on any atom is -0.379 e. The summed E-state index contributed by atoms with van der Waals surface area (Å²) in [6.45, 7) is 6.76. The molecule has 0 bridgehead atoms. The summed E-state index contributed by atoms with van der Waals surface area (Å²) in [5.41, 5.74) is 2.57. The van der Waals surface area contributed by atoms with E-state index in [1.54, 1.807) is 0 Å². The van der Waals surface area contributed by atoms with E-state index in [9.17, 15) is 0 Å². The summed E-state index contributed by atoms with van der Waals surface area (Å²) in [5.74, 6) is 1.09. The van der Waals surface area contributed by atoms with Gasteiger partial charge in [0, 0.05) is 32.2 Å². The standard InChI is InChI=1S/C24H33N3O2.HI/c1-2-25-24(26-15-9-16-29-22-14-17-28-19-22)27-18-23(20-10-5-3-6-11-20)21-12-7-4-8-13-21;/h3-8,10-13,22-23H,2,9,14-19H2,1H3,(H2,25,26,27);1H. The monoisotopic (exact) mass is 523 g/mol. The first kappa shape index (κ1) is 24.6. The summed E-state index contributed by atoms with van der Waals surface area (Å²) in [7, 11) is 0. The van der Waals surface area contributed by atoms with Crippen molar-refractivity contribution in [2.24, 2.45) is 4.99 Å².